The molecule has 3 aromatic rings. The van der Waals surface area contributed by atoms with Crippen LogP contribution in [0, 0.1) is 18.3 Å². The second kappa shape index (κ2) is 9.46. The molecule has 0 aliphatic rings. The van der Waals surface area contributed by atoms with E-state index in [9.17, 15) is 10.1 Å². The van der Waals surface area contributed by atoms with Crippen LogP contribution in [0.1, 0.15) is 23.9 Å². The van der Waals surface area contributed by atoms with Gasteiger partial charge in [0.05, 0.1) is 34.8 Å². The summed E-state index contributed by atoms with van der Waals surface area (Å²) >= 11 is 3.45. The van der Waals surface area contributed by atoms with E-state index in [2.05, 4.69) is 36.7 Å². The molecular formula is C22H20BrN3O4. The molecule has 1 N–H and O–H groups in total. The van der Waals surface area contributed by atoms with Crippen LogP contribution < -0.4 is 9.47 Å². The first-order valence-corrected chi connectivity index (χ1v) is 9.99. The van der Waals surface area contributed by atoms with Gasteiger partial charge in [-0.3, -0.25) is 0 Å². The number of ether oxygens (including phenoxy) is 3. The zero-order valence-electron chi connectivity index (χ0n) is 16.8. The Balaban J connectivity index is 1.99. The van der Waals surface area contributed by atoms with Crippen LogP contribution in [0.15, 0.2) is 34.8 Å². The number of methoxy groups -OCH3 is 1. The second-order valence-electron chi connectivity index (χ2n) is 6.40. The van der Waals surface area contributed by atoms with Crippen molar-refractivity contribution in [1.29, 1.82) is 5.26 Å². The highest BCUT2D eigenvalue weighted by molar-refractivity contribution is 9.10. The number of nitriles is 1. The molecule has 0 unspecified atom stereocenters. The van der Waals surface area contributed by atoms with Crippen molar-refractivity contribution >= 4 is 44.6 Å². The molecule has 0 spiro atoms. The Hall–Kier alpha value is -3.31. The highest BCUT2D eigenvalue weighted by Crippen LogP contribution is 2.38. The number of esters is 1. The summed E-state index contributed by atoms with van der Waals surface area (Å²) in [5.41, 5.74) is 3.85. The number of hydrogen-bond acceptors (Lipinski definition) is 6. The predicted molar refractivity (Wildman–Crippen MR) is 117 cm³/mol. The number of carbonyl (C=O) groups is 1. The summed E-state index contributed by atoms with van der Waals surface area (Å²) < 4.78 is 16.4. The lowest BCUT2D eigenvalue weighted by atomic mass is 10.1. The van der Waals surface area contributed by atoms with E-state index in [0.29, 0.717) is 39.5 Å². The van der Waals surface area contributed by atoms with Gasteiger partial charge in [0, 0.05) is 0 Å². The van der Waals surface area contributed by atoms with E-state index < -0.39 is 5.97 Å². The molecule has 1 aromatic heterocycles. The van der Waals surface area contributed by atoms with Crippen LogP contribution >= 0.6 is 15.9 Å². The van der Waals surface area contributed by atoms with Gasteiger partial charge in [0.2, 0.25) is 0 Å². The zero-order chi connectivity index (χ0) is 21.7. The van der Waals surface area contributed by atoms with Crippen molar-refractivity contribution in [2.24, 2.45) is 0 Å². The SMILES string of the molecule is CCOc1cc(C=C(C#N)c2nc3ccc(C)cc3[nH]2)cc(Br)c1OCC(=O)OC. The Morgan fingerprint density at radius 2 is 2.10 bits per heavy atom. The van der Waals surface area contributed by atoms with Crippen LogP contribution in [0.25, 0.3) is 22.7 Å². The summed E-state index contributed by atoms with van der Waals surface area (Å²) in [5, 5.41) is 9.69. The Bertz CT molecular complexity index is 1160. The highest BCUT2D eigenvalue weighted by Gasteiger charge is 2.15. The van der Waals surface area contributed by atoms with Gasteiger partial charge < -0.3 is 19.2 Å². The lowest BCUT2D eigenvalue weighted by molar-refractivity contribution is -0.142. The molecule has 0 fully saturated rings. The number of H-pyrrole nitrogens is 1. The maximum absolute atomic E-state index is 11.4. The van der Waals surface area contributed by atoms with Crippen molar-refractivity contribution in [1.82, 2.24) is 9.97 Å². The molecule has 30 heavy (non-hydrogen) atoms. The number of allylic oxidation sites excluding steroid dienone is 1. The van der Waals surface area contributed by atoms with E-state index in [1.807, 2.05) is 32.0 Å². The van der Waals surface area contributed by atoms with Crippen LogP contribution in [-0.4, -0.2) is 36.3 Å². The summed E-state index contributed by atoms with van der Waals surface area (Å²) in [4.78, 5) is 19.1. The molecule has 0 saturated carbocycles. The lowest BCUT2D eigenvalue weighted by Gasteiger charge is -2.14. The number of aromatic amines is 1. The fourth-order valence-corrected chi connectivity index (χ4v) is 3.41. The minimum absolute atomic E-state index is 0.244. The fraction of sp³-hybridized carbons (Fsp3) is 0.227. The Kier molecular flexibility index (Phi) is 6.75. The van der Waals surface area contributed by atoms with E-state index in [0.717, 1.165) is 16.6 Å². The first-order valence-electron chi connectivity index (χ1n) is 9.19. The van der Waals surface area contributed by atoms with E-state index in [1.165, 1.54) is 7.11 Å². The standard InChI is InChI=1S/C22H20BrN3O4/c1-4-29-19-10-14(9-16(23)21(19)30-12-20(27)28-3)8-15(11-24)22-25-17-6-5-13(2)7-18(17)26-22/h5-10H,4,12H2,1-3H3,(H,25,26). The smallest absolute Gasteiger partial charge is 0.343 e. The number of nitrogens with one attached hydrogen (secondary N) is 1. The molecule has 0 amide bonds. The number of aromatic nitrogens is 2. The van der Waals surface area contributed by atoms with Crippen LogP contribution in [-0.2, 0) is 9.53 Å². The summed E-state index contributed by atoms with van der Waals surface area (Å²) in [5.74, 6) is 0.815. The van der Waals surface area contributed by atoms with Gasteiger partial charge in [-0.2, -0.15) is 5.26 Å². The predicted octanol–water partition coefficient (Wildman–Crippen LogP) is 4.65. The Morgan fingerprint density at radius 1 is 1.30 bits per heavy atom. The molecule has 0 aliphatic carbocycles. The number of carbonyl (C=O) groups excluding carboxylic acids is 1. The maximum atomic E-state index is 11.4. The number of imidazole rings is 1. The number of hydrogen-bond donors (Lipinski definition) is 1. The highest BCUT2D eigenvalue weighted by atomic mass is 79.9. The summed E-state index contributed by atoms with van der Waals surface area (Å²) in [6, 6.07) is 11.6. The van der Waals surface area contributed by atoms with Gasteiger partial charge in [-0.25, -0.2) is 9.78 Å². The number of nitrogens with zero attached hydrogens (tertiary/aromatic N) is 2. The second-order valence-corrected chi connectivity index (χ2v) is 7.26. The molecule has 0 atom stereocenters. The summed E-state index contributed by atoms with van der Waals surface area (Å²) in [6.45, 7) is 4.00. The topological polar surface area (TPSA) is 97.2 Å². The maximum Gasteiger partial charge on any atom is 0.343 e. The Labute approximate surface area is 182 Å². The number of aryl methyl sites for hydroxylation is 1. The molecule has 7 nitrogen and oxygen atoms in total. The van der Waals surface area contributed by atoms with Gasteiger partial charge in [0.25, 0.3) is 0 Å². The third-order valence-electron chi connectivity index (χ3n) is 4.22. The first-order chi connectivity index (χ1) is 14.4. The molecule has 0 bridgehead atoms. The van der Waals surface area contributed by atoms with Gasteiger partial charge in [-0.15, -0.1) is 0 Å². The van der Waals surface area contributed by atoms with Crippen molar-refractivity contribution in [3.05, 3.63) is 51.8 Å². The molecule has 2 aromatic carbocycles. The minimum atomic E-state index is -0.500. The Morgan fingerprint density at radius 3 is 2.80 bits per heavy atom. The lowest BCUT2D eigenvalue weighted by Crippen LogP contribution is -2.13. The molecule has 154 valence electrons. The monoisotopic (exact) mass is 469 g/mol. The average molecular weight is 470 g/mol. The number of fused-ring (bicyclic) bond motifs is 1. The van der Waals surface area contributed by atoms with E-state index in [-0.39, 0.29) is 6.61 Å². The molecule has 1 heterocycles. The normalized spacial score (nSPS) is 11.2. The minimum Gasteiger partial charge on any atom is -0.490 e. The van der Waals surface area contributed by atoms with Gasteiger partial charge in [-0.1, -0.05) is 6.07 Å². The third-order valence-corrected chi connectivity index (χ3v) is 4.81. The number of benzene rings is 2. The summed E-state index contributed by atoms with van der Waals surface area (Å²) in [7, 11) is 1.29. The van der Waals surface area contributed by atoms with E-state index >= 15 is 0 Å². The zero-order valence-corrected chi connectivity index (χ0v) is 18.4. The number of rotatable bonds is 7. The largest absolute Gasteiger partial charge is 0.490 e. The molecule has 0 saturated heterocycles. The molecule has 0 aliphatic heterocycles. The fourth-order valence-electron chi connectivity index (χ4n) is 2.84. The quantitative estimate of drug-likeness (QED) is 0.399. The van der Waals surface area contributed by atoms with Crippen molar-refractivity contribution < 1.29 is 19.0 Å². The van der Waals surface area contributed by atoms with Crippen molar-refractivity contribution in [2.75, 3.05) is 20.3 Å². The molecule has 0 radical (unpaired) electrons. The molecule has 8 heteroatoms. The van der Waals surface area contributed by atoms with Gasteiger partial charge >= 0.3 is 5.97 Å². The van der Waals surface area contributed by atoms with Crippen molar-refractivity contribution in [2.45, 2.75) is 13.8 Å². The van der Waals surface area contributed by atoms with Gasteiger partial charge in [0.15, 0.2) is 18.1 Å². The van der Waals surface area contributed by atoms with Crippen LogP contribution in [0.3, 0.4) is 0 Å². The van der Waals surface area contributed by atoms with Gasteiger partial charge in [0.1, 0.15) is 11.9 Å². The van der Waals surface area contributed by atoms with E-state index in [4.69, 9.17) is 9.47 Å². The first kappa shape index (κ1) is 21.4. The third kappa shape index (κ3) is 4.81. The molecular weight excluding hydrogens is 450 g/mol. The summed E-state index contributed by atoms with van der Waals surface area (Å²) in [6.07, 6.45) is 1.71. The number of halogens is 1. The van der Waals surface area contributed by atoms with Crippen LogP contribution in [0.2, 0.25) is 0 Å². The average Bonchev–Trinajstić information content (AvgIpc) is 3.14. The van der Waals surface area contributed by atoms with Crippen molar-refractivity contribution in [3.8, 4) is 17.6 Å². The van der Waals surface area contributed by atoms with Gasteiger partial charge in [-0.05, 0) is 71.2 Å². The van der Waals surface area contributed by atoms with Crippen LogP contribution in [0.5, 0.6) is 11.5 Å². The van der Waals surface area contributed by atoms with Crippen LogP contribution in [0.4, 0.5) is 0 Å². The van der Waals surface area contributed by atoms with E-state index in [1.54, 1.807) is 18.2 Å². The van der Waals surface area contributed by atoms with Crippen molar-refractivity contribution in [3.63, 3.8) is 0 Å². The molecule has 3 rings (SSSR count).